The number of carbonyl (C=O) groups is 1. The lowest BCUT2D eigenvalue weighted by atomic mass is 10.1. The summed E-state index contributed by atoms with van der Waals surface area (Å²) in [5, 5.41) is 10.8. The molecular weight excluding hydrogens is 515 g/mol. The van der Waals surface area contributed by atoms with Gasteiger partial charge in [-0.3, -0.25) is 10.1 Å². The summed E-state index contributed by atoms with van der Waals surface area (Å²) in [6, 6.07) is 9.33. The summed E-state index contributed by atoms with van der Waals surface area (Å²) in [4.78, 5) is 26.9. The first-order chi connectivity index (χ1) is 14.9. The van der Waals surface area contributed by atoms with Gasteiger partial charge in [-0.15, -0.1) is 0 Å². The molecule has 0 radical (unpaired) electrons. The third kappa shape index (κ3) is 5.60. The summed E-state index contributed by atoms with van der Waals surface area (Å²) >= 11 is 2.18. The highest BCUT2D eigenvalue weighted by molar-refractivity contribution is 14.1. The number of non-ortho nitro benzene ring substituents is 1. The molecule has 0 amide bonds. The second-order valence-corrected chi connectivity index (χ2v) is 7.77. The Hall–Kier alpha value is -2.95. The summed E-state index contributed by atoms with van der Waals surface area (Å²) in [5.41, 5.74) is 1.28. The van der Waals surface area contributed by atoms with Crippen molar-refractivity contribution in [3.63, 3.8) is 0 Å². The molecule has 3 rings (SSSR count). The van der Waals surface area contributed by atoms with E-state index in [0.717, 1.165) is 22.0 Å². The molecule has 0 fully saturated rings. The number of cyclic esters (lactones) is 1. The van der Waals surface area contributed by atoms with Gasteiger partial charge >= 0.3 is 5.97 Å². The highest BCUT2D eigenvalue weighted by Gasteiger charge is 2.25. The fraction of sp³-hybridized carbons (Fsp3) is 0.273. The van der Waals surface area contributed by atoms with Crippen molar-refractivity contribution in [2.75, 3.05) is 13.2 Å². The molecule has 0 spiro atoms. The summed E-state index contributed by atoms with van der Waals surface area (Å²) in [6.07, 6.45) is 3.59. The van der Waals surface area contributed by atoms with E-state index in [0.29, 0.717) is 30.3 Å². The van der Waals surface area contributed by atoms with E-state index < -0.39 is 10.9 Å². The van der Waals surface area contributed by atoms with Crippen molar-refractivity contribution in [3.8, 4) is 11.5 Å². The van der Waals surface area contributed by atoms with E-state index in [1.807, 2.05) is 13.0 Å². The minimum Gasteiger partial charge on any atom is -0.490 e. The highest BCUT2D eigenvalue weighted by Crippen LogP contribution is 2.35. The summed E-state index contributed by atoms with van der Waals surface area (Å²) in [7, 11) is 0. The minimum atomic E-state index is -0.593. The van der Waals surface area contributed by atoms with E-state index in [9.17, 15) is 14.9 Å². The van der Waals surface area contributed by atoms with Crippen LogP contribution in [0.25, 0.3) is 6.08 Å². The molecule has 0 aliphatic carbocycles. The highest BCUT2D eigenvalue weighted by atomic mass is 127. The first kappa shape index (κ1) is 22.7. The molecule has 0 unspecified atom stereocenters. The lowest BCUT2D eigenvalue weighted by Gasteiger charge is -2.14. The van der Waals surface area contributed by atoms with E-state index in [1.54, 1.807) is 12.1 Å². The molecule has 0 saturated heterocycles. The van der Waals surface area contributed by atoms with Gasteiger partial charge in [0.25, 0.3) is 5.69 Å². The van der Waals surface area contributed by atoms with Crippen LogP contribution in [0.4, 0.5) is 5.69 Å². The maximum atomic E-state index is 12.3. The number of aliphatic imine (C=N–C) groups is 1. The Balaban J connectivity index is 1.89. The van der Waals surface area contributed by atoms with Crippen LogP contribution in [-0.2, 0) is 9.53 Å². The topological polar surface area (TPSA) is 100 Å². The van der Waals surface area contributed by atoms with Crippen molar-refractivity contribution in [1.29, 1.82) is 0 Å². The predicted molar refractivity (Wildman–Crippen MR) is 124 cm³/mol. The van der Waals surface area contributed by atoms with Gasteiger partial charge in [-0.05, 0) is 71.8 Å². The minimum absolute atomic E-state index is 0.0521. The summed E-state index contributed by atoms with van der Waals surface area (Å²) in [6.45, 7) is 5.06. The zero-order chi connectivity index (χ0) is 22.4. The van der Waals surface area contributed by atoms with Gasteiger partial charge in [0.15, 0.2) is 17.2 Å². The van der Waals surface area contributed by atoms with E-state index >= 15 is 0 Å². The van der Waals surface area contributed by atoms with E-state index in [4.69, 9.17) is 14.2 Å². The van der Waals surface area contributed by atoms with Crippen LogP contribution in [0.3, 0.4) is 0 Å². The zero-order valence-electron chi connectivity index (χ0n) is 17.1. The van der Waals surface area contributed by atoms with Gasteiger partial charge in [0.2, 0.25) is 5.90 Å². The monoisotopic (exact) mass is 536 g/mol. The Morgan fingerprint density at radius 1 is 1.19 bits per heavy atom. The van der Waals surface area contributed by atoms with Gasteiger partial charge in [-0.2, -0.15) is 0 Å². The van der Waals surface area contributed by atoms with Gasteiger partial charge < -0.3 is 14.2 Å². The molecule has 9 heteroatoms. The smallest absolute Gasteiger partial charge is 0.363 e. The van der Waals surface area contributed by atoms with Gasteiger partial charge in [-0.1, -0.05) is 13.3 Å². The molecule has 1 aliphatic heterocycles. The molecule has 1 heterocycles. The number of hydrogen-bond donors (Lipinski definition) is 0. The molecule has 162 valence electrons. The third-order valence-electron chi connectivity index (χ3n) is 4.32. The summed E-state index contributed by atoms with van der Waals surface area (Å²) < 4.78 is 17.7. The number of rotatable bonds is 9. The number of benzene rings is 2. The Labute approximate surface area is 193 Å². The second kappa shape index (κ2) is 10.4. The molecule has 0 aromatic heterocycles. The number of nitrogens with zero attached hydrogens (tertiary/aromatic N) is 2. The quantitative estimate of drug-likeness (QED) is 0.110. The number of hydrogen-bond acceptors (Lipinski definition) is 7. The maximum Gasteiger partial charge on any atom is 0.363 e. The number of nitro benzene ring substituents is 1. The average molecular weight is 536 g/mol. The molecule has 0 saturated carbocycles. The average Bonchev–Trinajstić information content (AvgIpc) is 3.10. The molecule has 1 aliphatic rings. The number of ether oxygens (including phenoxy) is 3. The Morgan fingerprint density at radius 3 is 2.58 bits per heavy atom. The number of nitro groups is 1. The zero-order valence-corrected chi connectivity index (χ0v) is 19.2. The Kier molecular flexibility index (Phi) is 7.61. The Morgan fingerprint density at radius 2 is 1.94 bits per heavy atom. The molecule has 8 nitrogen and oxygen atoms in total. The van der Waals surface area contributed by atoms with Crippen LogP contribution in [0.15, 0.2) is 47.1 Å². The second-order valence-electron chi connectivity index (χ2n) is 6.61. The number of carbonyl (C=O) groups excluding carboxylic acids is 1. The van der Waals surface area contributed by atoms with Crippen molar-refractivity contribution < 1.29 is 23.9 Å². The van der Waals surface area contributed by atoms with Gasteiger partial charge in [-0.25, -0.2) is 9.79 Å². The first-order valence-electron chi connectivity index (χ1n) is 9.79. The van der Waals surface area contributed by atoms with Crippen molar-refractivity contribution in [2.45, 2.75) is 26.7 Å². The van der Waals surface area contributed by atoms with Crippen LogP contribution in [0.5, 0.6) is 11.5 Å². The first-order valence-corrected chi connectivity index (χ1v) is 10.9. The van der Waals surface area contributed by atoms with E-state index in [2.05, 4.69) is 34.5 Å². The lowest BCUT2D eigenvalue weighted by Crippen LogP contribution is -2.05. The van der Waals surface area contributed by atoms with Gasteiger partial charge in [0, 0.05) is 17.7 Å². The predicted octanol–water partition coefficient (Wildman–Crippen LogP) is 5.12. The van der Waals surface area contributed by atoms with Crippen LogP contribution in [0.1, 0.15) is 37.8 Å². The molecule has 0 bridgehead atoms. The molecule has 0 N–H and O–H groups in total. The fourth-order valence-corrected chi connectivity index (χ4v) is 3.59. The van der Waals surface area contributed by atoms with Crippen LogP contribution >= 0.6 is 22.6 Å². The molecule has 31 heavy (non-hydrogen) atoms. The maximum absolute atomic E-state index is 12.3. The van der Waals surface area contributed by atoms with Crippen LogP contribution in [-0.4, -0.2) is 30.0 Å². The number of halogens is 1. The van der Waals surface area contributed by atoms with Gasteiger partial charge in [0.1, 0.15) is 0 Å². The largest absolute Gasteiger partial charge is 0.490 e. The van der Waals surface area contributed by atoms with Crippen LogP contribution in [0, 0.1) is 13.7 Å². The fourth-order valence-electron chi connectivity index (χ4n) is 2.81. The molecular formula is C22H21IN2O6. The van der Waals surface area contributed by atoms with Crippen LogP contribution < -0.4 is 9.47 Å². The SMILES string of the molecule is CCCCOc1c(I)cc(/C=C2\N=C(c3ccc([N+](=O)[O-])cc3)OC2=O)cc1OCC. The normalized spacial score (nSPS) is 14.4. The molecule has 0 atom stereocenters. The molecule has 2 aromatic carbocycles. The number of unbranched alkanes of at least 4 members (excludes halogenated alkanes) is 1. The van der Waals surface area contributed by atoms with Crippen molar-refractivity contribution in [1.82, 2.24) is 0 Å². The van der Waals surface area contributed by atoms with Crippen molar-refractivity contribution in [2.24, 2.45) is 4.99 Å². The lowest BCUT2D eigenvalue weighted by molar-refractivity contribution is -0.384. The Bertz CT molecular complexity index is 1050. The van der Waals surface area contributed by atoms with Crippen molar-refractivity contribution >= 4 is 46.2 Å². The molecule has 2 aromatic rings. The van der Waals surface area contributed by atoms with E-state index in [1.165, 1.54) is 24.3 Å². The van der Waals surface area contributed by atoms with E-state index in [-0.39, 0.29) is 17.3 Å². The summed E-state index contributed by atoms with van der Waals surface area (Å²) in [5.74, 6) is 0.792. The third-order valence-corrected chi connectivity index (χ3v) is 5.13. The standard InChI is InChI=1S/C22H21IN2O6/c1-3-5-10-30-20-17(23)11-14(13-19(20)29-4-2)12-18-22(26)31-21(24-18)15-6-8-16(9-7-15)25(27)28/h6-9,11-13H,3-5,10H2,1-2H3/b18-12-. The van der Waals surface area contributed by atoms with Crippen molar-refractivity contribution in [3.05, 3.63) is 66.9 Å². The van der Waals surface area contributed by atoms with Crippen LogP contribution in [0.2, 0.25) is 0 Å². The number of esters is 1. The van der Waals surface area contributed by atoms with Gasteiger partial charge in [0.05, 0.1) is 21.7 Å².